The van der Waals surface area contributed by atoms with Gasteiger partial charge in [-0.05, 0) is 44.0 Å². The second kappa shape index (κ2) is 16.0. The SMILES string of the molecule is CCOCCOc1ccc2cc(OCCCCCCCCO[C@H]3[C@H](O)[C@@H](CO)OC(O)[C@@H]3O)ccc2n1. The van der Waals surface area contributed by atoms with Gasteiger partial charge >= 0.3 is 0 Å². The number of hydrogen-bond acceptors (Lipinski definition) is 10. The van der Waals surface area contributed by atoms with Crippen molar-refractivity contribution in [2.24, 2.45) is 0 Å². The van der Waals surface area contributed by atoms with Crippen molar-refractivity contribution in [1.29, 1.82) is 0 Å². The molecule has 0 aliphatic carbocycles. The molecule has 0 amide bonds. The lowest BCUT2D eigenvalue weighted by molar-refractivity contribution is -0.294. The Bertz CT molecular complexity index is 915. The summed E-state index contributed by atoms with van der Waals surface area (Å²) in [5.41, 5.74) is 0.857. The van der Waals surface area contributed by atoms with E-state index in [4.69, 9.17) is 23.7 Å². The van der Waals surface area contributed by atoms with Crippen molar-refractivity contribution in [3.8, 4) is 11.6 Å². The topological polar surface area (TPSA) is 140 Å². The summed E-state index contributed by atoms with van der Waals surface area (Å²) in [5, 5.41) is 40.0. The van der Waals surface area contributed by atoms with Crippen LogP contribution in [0.1, 0.15) is 45.4 Å². The number of nitrogens with zero attached hydrogens (tertiary/aromatic N) is 1. The highest BCUT2D eigenvalue weighted by Gasteiger charge is 2.44. The molecule has 37 heavy (non-hydrogen) atoms. The molecule has 3 rings (SSSR count). The number of aromatic nitrogens is 1. The van der Waals surface area contributed by atoms with Crippen molar-refractivity contribution in [3.63, 3.8) is 0 Å². The molecule has 0 radical (unpaired) electrons. The van der Waals surface area contributed by atoms with Gasteiger partial charge in [-0.1, -0.05) is 25.7 Å². The average molecular weight is 524 g/mol. The summed E-state index contributed by atoms with van der Waals surface area (Å²) in [5.74, 6) is 1.41. The van der Waals surface area contributed by atoms with Crippen molar-refractivity contribution in [2.45, 2.75) is 76.2 Å². The summed E-state index contributed by atoms with van der Waals surface area (Å²) < 4.78 is 27.3. The molecule has 0 saturated carbocycles. The first-order chi connectivity index (χ1) is 18.0. The second-order valence-electron chi connectivity index (χ2n) is 9.08. The maximum absolute atomic E-state index is 10.1. The van der Waals surface area contributed by atoms with E-state index < -0.39 is 37.3 Å². The van der Waals surface area contributed by atoms with Crippen LogP contribution in [0, 0.1) is 0 Å². The van der Waals surface area contributed by atoms with Crippen LogP contribution in [0.4, 0.5) is 0 Å². The third kappa shape index (κ3) is 9.33. The minimum Gasteiger partial charge on any atom is -0.494 e. The van der Waals surface area contributed by atoms with Crippen LogP contribution < -0.4 is 9.47 Å². The van der Waals surface area contributed by atoms with Crippen LogP contribution in [0.15, 0.2) is 30.3 Å². The lowest BCUT2D eigenvalue weighted by atomic mass is 9.99. The van der Waals surface area contributed by atoms with Crippen LogP contribution in [0.3, 0.4) is 0 Å². The molecule has 5 atom stereocenters. The summed E-state index contributed by atoms with van der Waals surface area (Å²) in [6.45, 7) is 4.18. The zero-order chi connectivity index (χ0) is 26.5. The molecular formula is C27H41NO9. The quantitative estimate of drug-likeness (QED) is 0.228. The molecule has 208 valence electrons. The van der Waals surface area contributed by atoms with Crippen LogP contribution in [-0.4, -0.2) is 95.8 Å². The zero-order valence-corrected chi connectivity index (χ0v) is 21.5. The lowest BCUT2D eigenvalue weighted by Crippen LogP contribution is -2.59. The van der Waals surface area contributed by atoms with E-state index in [9.17, 15) is 20.4 Å². The van der Waals surface area contributed by atoms with Gasteiger partial charge < -0.3 is 44.1 Å². The summed E-state index contributed by atoms with van der Waals surface area (Å²) in [7, 11) is 0. The van der Waals surface area contributed by atoms with Crippen LogP contribution in [0.5, 0.6) is 11.6 Å². The van der Waals surface area contributed by atoms with Gasteiger partial charge in [0.1, 0.15) is 36.8 Å². The molecule has 1 saturated heterocycles. The molecule has 1 aromatic carbocycles. The Balaban J connectivity index is 1.24. The fraction of sp³-hybridized carbons (Fsp3) is 0.667. The maximum Gasteiger partial charge on any atom is 0.213 e. The second-order valence-corrected chi connectivity index (χ2v) is 9.08. The van der Waals surface area contributed by atoms with Gasteiger partial charge in [-0.2, -0.15) is 0 Å². The van der Waals surface area contributed by atoms with Gasteiger partial charge in [-0.3, -0.25) is 0 Å². The van der Waals surface area contributed by atoms with Crippen molar-refractivity contribution < 1.29 is 44.1 Å². The fourth-order valence-electron chi connectivity index (χ4n) is 4.19. The summed E-state index contributed by atoms with van der Waals surface area (Å²) in [6, 6.07) is 9.68. The van der Waals surface area contributed by atoms with Gasteiger partial charge in [0, 0.05) is 24.7 Å². The van der Waals surface area contributed by atoms with Crippen molar-refractivity contribution in [3.05, 3.63) is 30.3 Å². The predicted molar refractivity (Wildman–Crippen MR) is 137 cm³/mol. The Labute approximate surface area is 218 Å². The molecule has 1 aliphatic rings. The maximum atomic E-state index is 10.1. The van der Waals surface area contributed by atoms with Crippen molar-refractivity contribution in [2.75, 3.05) is 39.6 Å². The smallest absolute Gasteiger partial charge is 0.213 e. The summed E-state index contributed by atoms with van der Waals surface area (Å²) >= 11 is 0. The van der Waals surface area contributed by atoms with Crippen LogP contribution >= 0.6 is 0 Å². The first kappa shape index (κ1) is 29.5. The van der Waals surface area contributed by atoms with Gasteiger partial charge in [0.25, 0.3) is 0 Å². The molecule has 1 aliphatic heterocycles. The molecule has 0 bridgehead atoms. The monoisotopic (exact) mass is 523 g/mol. The van der Waals surface area contributed by atoms with Gasteiger partial charge in [0.15, 0.2) is 6.29 Å². The Morgan fingerprint density at radius 3 is 2.35 bits per heavy atom. The number of hydrogen-bond donors (Lipinski definition) is 4. The predicted octanol–water partition coefficient (Wildman–Crippen LogP) is 2.19. The normalized spacial score (nSPS) is 23.9. The number of aliphatic hydroxyl groups is 4. The highest BCUT2D eigenvalue weighted by atomic mass is 16.6. The van der Waals surface area contributed by atoms with Gasteiger partial charge in [-0.25, -0.2) is 4.98 Å². The van der Waals surface area contributed by atoms with E-state index in [2.05, 4.69) is 4.98 Å². The van der Waals surface area contributed by atoms with Crippen molar-refractivity contribution >= 4 is 10.9 Å². The standard InChI is InChI=1S/C27H41NO9/c1-2-33-15-16-35-23-12-9-19-17-20(10-11-21(19)28-23)34-13-7-5-3-4-6-8-14-36-26-24(30)22(18-29)37-27(32)25(26)31/h9-12,17,22,24-27,29-32H,2-8,13-16,18H2,1H3/t22-,24-,25-,26+,27?/m1/s1. The van der Waals surface area contributed by atoms with Gasteiger partial charge in [0.2, 0.25) is 5.88 Å². The number of pyridine rings is 1. The number of rotatable bonds is 17. The third-order valence-corrected chi connectivity index (χ3v) is 6.27. The Morgan fingerprint density at radius 2 is 1.59 bits per heavy atom. The summed E-state index contributed by atoms with van der Waals surface area (Å²) in [4.78, 5) is 4.52. The lowest BCUT2D eigenvalue weighted by Gasteiger charge is -2.39. The Hall–Kier alpha value is -2.05. The first-order valence-corrected chi connectivity index (χ1v) is 13.2. The Morgan fingerprint density at radius 1 is 0.838 bits per heavy atom. The number of unbranched alkanes of at least 4 members (excludes halogenated alkanes) is 5. The zero-order valence-electron chi connectivity index (χ0n) is 21.5. The summed E-state index contributed by atoms with van der Waals surface area (Å²) in [6.07, 6.45) is -0.113. The van der Waals surface area contributed by atoms with Crippen LogP contribution in [0.2, 0.25) is 0 Å². The number of ether oxygens (including phenoxy) is 5. The highest BCUT2D eigenvalue weighted by Crippen LogP contribution is 2.24. The van der Waals surface area contributed by atoms with Gasteiger partial charge in [-0.15, -0.1) is 0 Å². The van der Waals surface area contributed by atoms with Crippen LogP contribution in [-0.2, 0) is 14.2 Å². The van der Waals surface area contributed by atoms with E-state index in [1.54, 1.807) is 0 Å². The molecule has 1 unspecified atom stereocenters. The minimum atomic E-state index is -1.48. The molecule has 1 fully saturated rings. The average Bonchev–Trinajstić information content (AvgIpc) is 2.91. The molecule has 4 N–H and O–H groups in total. The molecular weight excluding hydrogens is 482 g/mol. The molecule has 2 heterocycles. The van der Waals surface area contributed by atoms with E-state index in [1.807, 2.05) is 37.3 Å². The Kier molecular flexibility index (Phi) is 12.8. The number of aliphatic hydroxyl groups excluding tert-OH is 4. The van der Waals surface area contributed by atoms with E-state index in [0.29, 0.717) is 38.9 Å². The fourth-order valence-corrected chi connectivity index (χ4v) is 4.19. The number of fused-ring (bicyclic) bond motifs is 1. The van der Waals surface area contributed by atoms with Gasteiger partial charge in [0.05, 0.1) is 25.3 Å². The third-order valence-electron chi connectivity index (χ3n) is 6.27. The largest absolute Gasteiger partial charge is 0.494 e. The molecule has 10 heteroatoms. The van der Waals surface area contributed by atoms with Crippen molar-refractivity contribution in [1.82, 2.24) is 4.98 Å². The molecule has 0 spiro atoms. The van der Waals surface area contributed by atoms with E-state index in [-0.39, 0.29) is 0 Å². The van der Waals surface area contributed by atoms with E-state index in [0.717, 1.165) is 55.2 Å². The molecule has 1 aromatic heterocycles. The molecule has 2 aromatic rings. The highest BCUT2D eigenvalue weighted by molar-refractivity contribution is 5.80. The molecule has 10 nitrogen and oxygen atoms in total. The first-order valence-electron chi connectivity index (χ1n) is 13.2. The van der Waals surface area contributed by atoms with E-state index >= 15 is 0 Å². The van der Waals surface area contributed by atoms with Crippen LogP contribution in [0.25, 0.3) is 10.9 Å². The minimum absolute atomic E-state index is 0.352. The number of benzene rings is 1. The van der Waals surface area contributed by atoms with E-state index in [1.165, 1.54) is 0 Å².